The quantitative estimate of drug-likeness (QED) is 0.175. The van der Waals surface area contributed by atoms with E-state index in [2.05, 4.69) is 9.80 Å². The van der Waals surface area contributed by atoms with Gasteiger partial charge in [-0.05, 0) is 61.6 Å². The summed E-state index contributed by atoms with van der Waals surface area (Å²) in [5, 5.41) is 1.21. The number of nitrogens with zero attached hydrogens (tertiary/aromatic N) is 3. The molecule has 0 atom stereocenters. The number of anilines is 2. The maximum Gasteiger partial charge on any atom is 0.307 e. The fourth-order valence-corrected chi connectivity index (χ4v) is 5.84. The second kappa shape index (κ2) is 14.8. The average Bonchev–Trinajstić information content (AvgIpc) is 3.01. The molecule has 9 heteroatoms. The molecule has 0 aromatic heterocycles. The number of fused-ring (bicyclic) bond motifs is 1. The summed E-state index contributed by atoms with van der Waals surface area (Å²) >= 11 is 12.6. The van der Waals surface area contributed by atoms with Crippen molar-refractivity contribution in [3.8, 4) is 5.75 Å². The Kier molecular flexibility index (Phi) is 10.6. The Labute approximate surface area is 257 Å². The average molecular weight is 611 g/mol. The molecule has 1 saturated heterocycles. The highest BCUT2D eigenvalue weighted by Crippen LogP contribution is 2.33. The lowest BCUT2D eigenvalue weighted by molar-refractivity contribution is -0.144. The van der Waals surface area contributed by atoms with Crippen LogP contribution in [0.5, 0.6) is 5.75 Å². The van der Waals surface area contributed by atoms with Gasteiger partial charge in [0.25, 0.3) is 0 Å². The standard InChI is InChI=1S/C33H37Cl2N3O4/c34-28-9-6-10-29(33(28)35)37-20-18-36(19-21-37)17-4-5-22-41-27-14-12-26-13-15-31(39)38(30(26)23-27)24-42-32(40)16-11-25-7-2-1-3-8-25/h1-3,6-10,12,14,23H,4-5,11,13,15-22,24H2. The first-order chi connectivity index (χ1) is 20.5. The van der Waals surface area contributed by atoms with E-state index in [9.17, 15) is 9.59 Å². The molecule has 0 bridgehead atoms. The minimum Gasteiger partial charge on any atom is -0.494 e. The van der Waals surface area contributed by atoms with Crippen LogP contribution in [-0.2, 0) is 27.2 Å². The molecule has 0 radical (unpaired) electrons. The van der Waals surface area contributed by atoms with Gasteiger partial charge in [0.15, 0.2) is 6.73 Å². The molecule has 222 valence electrons. The van der Waals surface area contributed by atoms with Crippen molar-refractivity contribution in [2.45, 2.75) is 38.5 Å². The fraction of sp³-hybridized carbons (Fsp3) is 0.394. The summed E-state index contributed by atoms with van der Waals surface area (Å²) in [7, 11) is 0. The SMILES string of the molecule is O=C(CCc1ccccc1)OCN1C(=O)CCc2ccc(OCCCCN3CCN(c4cccc(Cl)c4Cl)CC3)cc21. The summed E-state index contributed by atoms with van der Waals surface area (Å²) in [4.78, 5) is 31.4. The van der Waals surface area contributed by atoms with Crippen molar-refractivity contribution >= 4 is 46.5 Å². The van der Waals surface area contributed by atoms with Crippen LogP contribution >= 0.6 is 23.2 Å². The summed E-state index contributed by atoms with van der Waals surface area (Å²) in [5.74, 6) is 0.352. The zero-order chi connectivity index (χ0) is 29.3. The van der Waals surface area contributed by atoms with Crippen LogP contribution in [0.15, 0.2) is 66.7 Å². The summed E-state index contributed by atoms with van der Waals surface area (Å²) in [6, 6.07) is 21.5. The lowest BCUT2D eigenvalue weighted by atomic mass is 10.0. The summed E-state index contributed by atoms with van der Waals surface area (Å²) in [5.41, 5.74) is 3.90. The first kappa shape index (κ1) is 30.2. The van der Waals surface area contributed by atoms with E-state index in [0.29, 0.717) is 35.9 Å². The first-order valence-corrected chi connectivity index (χ1v) is 15.4. The number of aryl methyl sites for hydroxylation is 2. The van der Waals surface area contributed by atoms with Gasteiger partial charge < -0.3 is 14.4 Å². The molecular formula is C33H37Cl2N3O4. The van der Waals surface area contributed by atoms with Crippen LogP contribution < -0.4 is 14.5 Å². The van der Waals surface area contributed by atoms with E-state index in [-0.39, 0.29) is 25.0 Å². The predicted molar refractivity (Wildman–Crippen MR) is 168 cm³/mol. The maximum atomic E-state index is 12.7. The predicted octanol–water partition coefficient (Wildman–Crippen LogP) is 6.39. The molecule has 0 saturated carbocycles. The van der Waals surface area contributed by atoms with Gasteiger partial charge in [-0.3, -0.25) is 19.4 Å². The molecule has 5 rings (SSSR count). The van der Waals surface area contributed by atoms with Gasteiger partial charge in [0, 0.05) is 45.1 Å². The number of piperazine rings is 1. The van der Waals surface area contributed by atoms with Crippen LogP contribution in [-0.4, -0.2) is 62.8 Å². The number of halogens is 2. The van der Waals surface area contributed by atoms with E-state index in [1.165, 1.54) is 0 Å². The molecule has 0 unspecified atom stereocenters. The van der Waals surface area contributed by atoms with Crippen molar-refractivity contribution < 1.29 is 19.1 Å². The van der Waals surface area contributed by atoms with Crippen molar-refractivity contribution in [2.24, 2.45) is 0 Å². The molecule has 1 fully saturated rings. The van der Waals surface area contributed by atoms with E-state index in [0.717, 1.165) is 73.8 Å². The van der Waals surface area contributed by atoms with Crippen molar-refractivity contribution in [3.05, 3.63) is 87.9 Å². The highest BCUT2D eigenvalue weighted by atomic mass is 35.5. The summed E-state index contributed by atoms with van der Waals surface area (Å²) in [6.07, 6.45) is 3.91. The Bertz CT molecular complexity index is 1360. The lowest BCUT2D eigenvalue weighted by Crippen LogP contribution is -2.46. The van der Waals surface area contributed by atoms with Gasteiger partial charge in [0.1, 0.15) is 5.75 Å². The van der Waals surface area contributed by atoms with E-state index in [1.54, 1.807) is 4.90 Å². The maximum absolute atomic E-state index is 12.7. The molecule has 2 aliphatic rings. The first-order valence-electron chi connectivity index (χ1n) is 14.6. The zero-order valence-electron chi connectivity index (χ0n) is 23.8. The topological polar surface area (TPSA) is 62.3 Å². The third-order valence-corrected chi connectivity index (χ3v) is 8.66. The van der Waals surface area contributed by atoms with Gasteiger partial charge in [0.05, 0.1) is 28.0 Å². The zero-order valence-corrected chi connectivity index (χ0v) is 25.3. The molecule has 2 heterocycles. The number of carbonyl (C=O) groups is 2. The van der Waals surface area contributed by atoms with Gasteiger partial charge in [-0.2, -0.15) is 0 Å². The van der Waals surface area contributed by atoms with Gasteiger partial charge in [-0.25, -0.2) is 0 Å². The summed E-state index contributed by atoms with van der Waals surface area (Å²) in [6.45, 7) is 5.33. The molecule has 3 aromatic carbocycles. The van der Waals surface area contributed by atoms with Crippen LogP contribution in [0.2, 0.25) is 10.0 Å². The number of rotatable bonds is 12. The van der Waals surface area contributed by atoms with Crippen molar-refractivity contribution in [1.29, 1.82) is 0 Å². The third-order valence-electron chi connectivity index (χ3n) is 7.85. The molecule has 2 aliphatic heterocycles. The van der Waals surface area contributed by atoms with Crippen LogP contribution in [0.25, 0.3) is 0 Å². The minimum absolute atomic E-state index is 0.0479. The van der Waals surface area contributed by atoms with Crippen molar-refractivity contribution in [1.82, 2.24) is 4.90 Å². The summed E-state index contributed by atoms with van der Waals surface area (Å²) < 4.78 is 11.5. The molecule has 42 heavy (non-hydrogen) atoms. The second-order valence-electron chi connectivity index (χ2n) is 10.7. The highest BCUT2D eigenvalue weighted by molar-refractivity contribution is 6.43. The second-order valence-corrected chi connectivity index (χ2v) is 11.5. The molecule has 1 amide bonds. The lowest BCUT2D eigenvalue weighted by Gasteiger charge is -2.36. The molecular weight excluding hydrogens is 573 g/mol. The van der Waals surface area contributed by atoms with Gasteiger partial charge in [0.2, 0.25) is 5.91 Å². The fourth-order valence-electron chi connectivity index (χ4n) is 5.42. The number of benzene rings is 3. The number of esters is 1. The molecule has 0 spiro atoms. The smallest absolute Gasteiger partial charge is 0.307 e. The highest BCUT2D eigenvalue weighted by Gasteiger charge is 2.26. The van der Waals surface area contributed by atoms with Gasteiger partial charge in [-0.15, -0.1) is 0 Å². The number of amides is 1. The van der Waals surface area contributed by atoms with Crippen molar-refractivity contribution in [2.75, 3.05) is 55.9 Å². The van der Waals surface area contributed by atoms with E-state index in [1.807, 2.05) is 66.7 Å². The number of carbonyl (C=O) groups excluding carboxylic acids is 2. The number of unbranched alkanes of at least 4 members (excludes halogenated alkanes) is 1. The van der Waals surface area contributed by atoms with Crippen LogP contribution in [0.1, 0.15) is 36.8 Å². The number of ether oxygens (including phenoxy) is 2. The molecule has 7 nitrogen and oxygen atoms in total. The molecule has 0 aliphatic carbocycles. The normalized spacial score (nSPS) is 15.4. The Morgan fingerprint density at radius 2 is 1.67 bits per heavy atom. The Hall–Kier alpha value is -3.26. The van der Waals surface area contributed by atoms with Crippen molar-refractivity contribution in [3.63, 3.8) is 0 Å². The van der Waals surface area contributed by atoms with E-state index >= 15 is 0 Å². The Balaban J connectivity index is 1.04. The van der Waals surface area contributed by atoms with Gasteiger partial charge >= 0.3 is 5.97 Å². The monoisotopic (exact) mass is 609 g/mol. The molecule has 3 aromatic rings. The van der Waals surface area contributed by atoms with Gasteiger partial charge in [-0.1, -0.05) is 65.7 Å². The Morgan fingerprint density at radius 1 is 0.857 bits per heavy atom. The Morgan fingerprint density at radius 3 is 2.48 bits per heavy atom. The van der Waals surface area contributed by atoms with E-state index in [4.69, 9.17) is 32.7 Å². The van der Waals surface area contributed by atoms with Crippen LogP contribution in [0, 0.1) is 0 Å². The third kappa shape index (κ3) is 7.97. The number of hydrogen-bond donors (Lipinski definition) is 0. The number of hydrogen-bond acceptors (Lipinski definition) is 6. The molecule has 0 N–H and O–H groups in total. The van der Waals surface area contributed by atoms with Crippen LogP contribution in [0.3, 0.4) is 0 Å². The minimum atomic E-state index is -0.319. The largest absolute Gasteiger partial charge is 0.494 e. The van der Waals surface area contributed by atoms with E-state index < -0.39 is 0 Å². The van der Waals surface area contributed by atoms with Crippen LogP contribution in [0.4, 0.5) is 11.4 Å².